The minimum atomic E-state index is 0.0277. The molecule has 0 spiro atoms. The second-order valence-corrected chi connectivity index (χ2v) is 7.15. The predicted molar refractivity (Wildman–Crippen MR) is 89.8 cm³/mol. The highest BCUT2D eigenvalue weighted by Gasteiger charge is 2.31. The van der Waals surface area contributed by atoms with E-state index in [4.69, 9.17) is 16.3 Å². The van der Waals surface area contributed by atoms with Crippen molar-refractivity contribution in [2.45, 2.75) is 13.0 Å². The molecule has 1 aromatic heterocycles. The van der Waals surface area contributed by atoms with Crippen LogP contribution >= 0.6 is 11.6 Å². The minimum absolute atomic E-state index is 0.0277. The summed E-state index contributed by atoms with van der Waals surface area (Å²) in [4.78, 5) is 16.8. The molecule has 1 aromatic rings. The van der Waals surface area contributed by atoms with Crippen LogP contribution in [-0.2, 0) is 16.1 Å². The van der Waals surface area contributed by atoms with E-state index in [0.29, 0.717) is 17.5 Å². The van der Waals surface area contributed by atoms with Gasteiger partial charge in [-0.3, -0.25) is 14.4 Å². The molecule has 2 aliphatic heterocycles. The smallest absolute Gasteiger partial charge is 0.244 e. The first-order valence-electron chi connectivity index (χ1n) is 8.50. The van der Waals surface area contributed by atoms with Crippen molar-refractivity contribution in [3.05, 3.63) is 17.4 Å². The Balaban J connectivity index is 1.58. The molecule has 3 heterocycles. The molecule has 2 aliphatic rings. The maximum Gasteiger partial charge on any atom is 0.244 e. The van der Waals surface area contributed by atoms with Gasteiger partial charge in [-0.05, 0) is 18.3 Å². The van der Waals surface area contributed by atoms with Crippen LogP contribution in [0.5, 0.6) is 0 Å². The van der Waals surface area contributed by atoms with Crippen molar-refractivity contribution < 1.29 is 14.6 Å². The highest BCUT2D eigenvalue weighted by atomic mass is 35.5. The lowest BCUT2D eigenvalue weighted by Gasteiger charge is -2.40. The van der Waals surface area contributed by atoms with Gasteiger partial charge in [-0.15, -0.1) is 0 Å². The Morgan fingerprint density at radius 1 is 1.33 bits per heavy atom. The van der Waals surface area contributed by atoms with Crippen LogP contribution in [0.25, 0.3) is 0 Å². The van der Waals surface area contributed by atoms with E-state index in [0.717, 1.165) is 45.8 Å². The van der Waals surface area contributed by atoms with Gasteiger partial charge in [0.25, 0.3) is 0 Å². The summed E-state index contributed by atoms with van der Waals surface area (Å²) in [7, 11) is 0. The first-order valence-corrected chi connectivity index (χ1v) is 8.88. The Hall–Kier alpha value is -1.15. The SMILES string of the molecule is O=C(Cn1cc(Cl)cn1)N1CC(CO)CC(CN2CCOCC2)C1. The van der Waals surface area contributed by atoms with E-state index < -0.39 is 0 Å². The highest BCUT2D eigenvalue weighted by molar-refractivity contribution is 6.30. The zero-order valence-corrected chi connectivity index (χ0v) is 14.6. The Bertz CT molecular complexity index is 547. The quantitative estimate of drug-likeness (QED) is 0.823. The van der Waals surface area contributed by atoms with Gasteiger partial charge in [0.2, 0.25) is 5.91 Å². The molecule has 134 valence electrons. The molecule has 0 radical (unpaired) electrons. The van der Waals surface area contributed by atoms with Crippen LogP contribution in [0.4, 0.5) is 0 Å². The highest BCUT2D eigenvalue weighted by Crippen LogP contribution is 2.23. The zero-order valence-electron chi connectivity index (χ0n) is 13.8. The van der Waals surface area contributed by atoms with Gasteiger partial charge in [0, 0.05) is 45.5 Å². The van der Waals surface area contributed by atoms with E-state index >= 15 is 0 Å². The number of ether oxygens (including phenoxy) is 1. The summed E-state index contributed by atoms with van der Waals surface area (Å²) in [5.74, 6) is 0.564. The van der Waals surface area contributed by atoms with Crippen molar-refractivity contribution in [2.24, 2.45) is 11.8 Å². The van der Waals surface area contributed by atoms with Gasteiger partial charge in [0.05, 0.1) is 24.4 Å². The molecule has 2 atom stereocenters. The molecule has 24 heavy (non-hydrogen) atoms. The molecular weight excluding hydrogens is 332 g/mol. The number of hydrogen-bond donors (Lipinski definition) is 1. The average Bonchev–Trinajstić information content (AvgIpc) is 3.00. The fraction of sp³-hybridized carbons (Fsp3) is 0.750. The fourth-order valence-corrected chi connectivity index (χ4v) is 3.76. The summed E-state index contributed by atoms with van der Waals surface area (Å²) in [6.45, 7) is 6.06. The number of morpholine rings is 1. The van der Waals surface area contributed by atoms with Gasteiger partial charge < -0.3 is 14.7 Å². The molecule has 2 unspecified atom stereocenters. The Kier molecular flexibility index (Phi) is 6.10. The second kappa shape index (κ2) is 8.29. The Morgan fingerprint density at radius 3 is 2.75 bits per heavy atom. The van der Waals surface area contributed by atoms with E-state index in [1.54, 1.807) is 10.9 Å². The van der Waals surface area contributed by atoms with E-state index in [2.05, 4.69) is 10.00 Å². The molecule has 2 fully saturated rings. The van der Waals surface area contributed by atoms with Crippen molar-refractivity contribution in [1.29, 1.82) is 0 Å². The van der Waals surface area contributed by atoms with Crippen LogP contribution in [0.1, 0.15) is 6.42 Å². The van der Waals surface area contributed by atoms with Crippen LogP contribution < -0.4 is 0 Å². The molecule has 0 saturated carbocycles. The predicted octanol–water partition coefficient (Wildman–Crippen LogP) is 0.326. The molecule has 0 aliphatic carbocycles. The zero-order chi connectivity index (χ0) is 16.9. The number of nitrogens with zero attached hydrogens (tertiary/aromatic N) is 4. The largest absolute Gasteiger partial charge is 0.396 e. The maximum atomic E-state index is 12.6. The summed E-state index contributed by atoms with van der Waals surface area (Å²) in [6.07, 6.45) is 4.15. The number of aromatic nitrogens is 2. The van der Waals surface area contributed by atoms with Crippen molar-refractivity contribution in [2.75, 3.05) is 52.5 Å². The number of amides is 1. The van der Waals surface area contributed by atoms with Crippen molar-refractivity contribution in [3.8, 4) is 0 Å². The van der Waals surface area contributed by atoms with Crippen LogP contribution in [0.3, 0.4) is 0 Å². The molecule has 2 saturated heterocycles. The molecule has 0 aromatic carbocycles. The molecular formula is C16H25ClN4O3. The summed E-state index contributed by atoms with van der Waals surface area (Å²) in [5, 5.41) is 14.2. The van der Waals surface area contributed by atoms with E-state index in [1.165, 1.54) is 6.20 Å². The number of halogens is 1. The molecule has 0 bridgehead atoms. The lowest BCUT2D eigenvalue weighted by atomic mass is 9.89. The van der Waals surface area contributed by atoms with Gasteiger partial charge in [-0.2, -0.15) is 5.10 Å². The second-order valence-electron chi connectivity index (χ2n) is 6.72. The van der Waals surface area contributed by atoms with Gasteiger partial charge in [0.1, 0.15) is 6.54 Å². The number of hydrogen-bond acceptors (Lipinski definition) is 5. The first-order chi connectivity index (χ1) is 11.6. The summed E-state index contributed by atoms with van der Waals surface area (Å²) < 4.78 is 6.95. The van der Waals surface area contributed by atoms with Crippen LogP contribution in [0.2, 0.25) is 5.02 Å². The van der Waals surface area contributed by atoms with Gasteiger partial charge >= 0.3 is 0 Å². The third-order valence-electron chi connectivity index (χ3n) is 4.75. The van der Waals surface area contributed by atoms with E-state index in [9.17, 15) is 9.90 Å². The Morgan fingerprint density at radius 2 is 2.08 bits per heavy atom. The lowest BCUT2D eigenvalue weighted by molar-refractivity contribution is -0.135. The normalized spacial score (nSPS) is 25.8. The molecule has 8 heteroatoms. The number of carbonyl (C=O) groups is 1. The number of piperidine rings is 1. The maximum absolute atomic E-state index is 12.6. The van der Waals surface area contributed by atoms with Crippen molar-refractivity contribution in [3.63, 3.8) is 0 Å². The molecule has 1 N–H and O–H groups in total. The number of rotatable bonds is 5. The topological polar surface area (TPSA) is 70.8 Å². The van der Waals surface area contributed by atoms with Gasteiger partial charge in [0.15, 0.2) is 0 Å². The minimum Gasteiger partial charge on any atom is -0.396 e. The first kappa shape index (κ1) is 17.7. The van der Waals surface area contributed by atoms with Crippen LogP contribution in [0.15, 0.2) is 12.4 Å². The number of aliphatic hydroxyl groups is 1. The fourth-order valence-electron chi connectivity index (χ4n) is 3.60. The van der Waals surface area contributed by atoms with Gasteiger partial charge in [-0.1, -0.05) is 11.6 Å². The number of aliphatic hydroxyl groups excluding tert-OH is 1. The van der Waals surface area contributed by atoms with Crippen molar-refractivity contribution >= 4 is 17.5 Å². The van der Waals surface area contributed by atoms with Gasteiger partial charge in [-0.25, -0.2) is 0 Å². The summed E-state index contributed by atoms with van der Waals surface area (Å²) >= 11 is 5.85. The van der Waals surface area contributed by atoms with Crippen LogP contribution in [-0.4, -0.2) is 83.1 Å². The van der Waals surface area contributed by atoms with Crippen molar-refractivity contribution in [1.82, 2.24) is 19.6 Å². The van der Waals surface area contributed by atoms with E-state index in [-0.39, 0.29) is 25.0 Å². The standard InChI is InChI=1S/C16H25ClN4O3/c17-15-6-18-21(10-15)11-16(23)20-8-13(5-14(9-20)12-22)7-19-1-3-24-4-2-19/h6,10,13-14,22H,1-5,7-9,11-12H2. The molecule has 3 rings (SSSR count). The summed E-state index contributed by atoms with van der Waals surface area (Å²) in [6, 6.07) is 0. The van der Waals surface area contributed by atoms with E-state index in [1.807, 2.05) is 4.90 Å². The third-order valence-corrected chi connectivity index (χ3v) is 4.95. The summed E-state index contributed by atoms with van der Waals surface area (Å²) in [5.41, 5.74) is 0. The van der Waals surface area contributed by atoms with Crippen LogP contribution in [0, 0.1) is 11.8 Å². The monoisotopic (exact) mass is 356 g/mol. The number of carbonyl (C=O) groups excluding carboxylic acids is 1. The number of likely N-dealkylation sites (tertiary alicyclic amines) is 1. The Labute approximate surface area is 147 Å². The average molecular weight is 357 g/mol. The lowest BCUT2D eigenvalue weighted by Crippen LogP contribution is -2.50. The third kappa shape index (κ3) is 4.69. The molecule has 7 nitrogen and oxygen atoms in total. The molecule has 1 amide bonds.